The fourth-order valence-electron chi connectivity index (χ4n) is 3.37. The van der Waals surface area contributed by atoms with Gasteiger partial charge in [0.05, 0.1) is 11.8 Å². The molecule has 0 bridgehead atoms. The number of rotatable bonds is 3. The van der Waals surface area contributed by atoms with Gasteiger partial charge < -0.3 is 10.0 Å². The van der Waals surface area contributed by atoms with Crippen LogP contribution in [0.4, 0.5) is 0 Å². The van der Waals surface area contributed by atoms with E-state index in [1.165, 1.54) is 0 Å². The molecule has 128 valence electrons. The van der Waals surface area contributed by atoms with E-state index in [1.807, 2.05) is 23.1 Å². The van der Waals surface area contributed by atoms with Crippen LogP contribution in [0.3, 0.4) is 0 Å². The van der Waals surface area contributed by atoms with Crippen molar-refractivity contribution in [2.45, 2.75) is 18.9 Å². The van der Waals surface area contributed by atoms with E-state index in [-0.39, 0.29) is 11.8 Å². The summed E-state index contributed by atoms with van der Waals surface area (Å²) in [6, 6.07) is 10.9. The lowest BCUT2D eigenvalue weighted by Gasteiger charge is -2.34. The van der Waals surface area contributed by atoms with Gasteiger partial charge in [0.25, 0.3) is 5.91 Å². The van der Waals surface area contributed by atoms with Crippen molar-refractivity contribution in [3.8, 4) is 0 Å². The monoisotopic (exact) mass is 337 g/mol. The standard InChI is InChI=1S/C18H19N5O2/c24-17(15-3-1-2-8-19-15)12-6-9-23(10-7-12)18(25)13-4-5-14-16(11-13)21-22-20-14/h1-5,8,11-12,17,24H,6-7,9-10H2,(H,20,21,22)/t17-/m1/s1. The number of amides is 1. The Balaban J connectivity index is 1.42. The van der Waals surface area contributed by atoms with Crippen LogP contribution in [0.2, 0.25) is 0 Å². The maximum Gasteiger partial charge on any atom is 0.253 e. The molecule has 4 rings (SSSR count). The Bertz CT molecular complexity index is 871. The predicted molar refractivity (Wildman–Crippen MR) is 91.7 cm³/mol. The Kier molecular flexibility index (Phi) is 4.15. The predicted octanol–water partition coefficient (Wildman–Crippen LogP) is 1.94. The first kappa shape index (κ1) is 15.7. The van der Waals surface area contributed by atoms with Crippen molar-refractivity contribution in [3.05, 3.63) is 53.9 Å². The van der Waals surface area contributed by atoms with Gasteiger partial charge in [0.15, 0.2) is 0 Å². The number of likely N-dealkylation sites (tertiary alicyclic amines) is 1. The van der Waals surface area contributed by atoms with Gasteiger partial charge >= 0.3 is 0 Å². The van der Waals surface area contributed by atoms with E-state index >= 15 is 0 Å². The average Bonchev–Trinajstić information content (AvgIpc) is 3.15. The van der Waals surface area contributed by atoms with Gasteiger partial charge in [-0.2, -0.15) is 15.4 Å². The van der Waals surface area contributed by atoms with Crippen LogP contribution >= 0.6 is 0 Å². The molecule has 0 aliphatic carbocycles. The summed E-state index contributed by atoms with van der Waals surface area (Å²) < 4.78 is 0. The smallest absolute Gasteiger partial charge is 0.253 e. The number of aliphatic hydroxyl groups excluding tert-OH is 1. The molecule has 0 unspecified atom stereocenters. The zero-order chi connectivity index (χ0) is 17.2. The molecule has 25 heavy (non-hydrogen) atoms. The van der Waals surface area contributed by atoms with Gasteiger partial charge in [-0.15, -0.1) is 0 Å². The topological polar surface area (TPSA) is 95.0 Å². The highest BCUT2D eigenvalue weighted by Gasteiger charge is 2.29. The normalized spacial score (nSPS) is 16.9. The van der Waals surface area contributed by atoms with Crippen molar-refractivity contribution in [3.63, 3.8) is 0 Å². The zero-order valence-electron chi connectivity index (χ0n) is 13.7. The summed E-state index contributed by atoms with van der Waals surface area (Å²) in [6.45, 7) is 1.26. The first-order valence-electron chi connectivity index (χ1n) is 8.41. The first-order chi connectivity index (χ1) is 12.2. The van der Waals surface area contributed by atoms with Crippen LogP contribution in [0.5, 0.6) is 0 Å². The number of fused-ring (bicyclic) bond motifs is 1. The van der Waals surface area contributed by atoms with E-state index in [0.29, 0.717) is 29.9 Å². The second-order valence-electron chi connectivity index (χ2n) is 6.36. The minimum absolute atomic E-state index is 0.00400. The Hall–Kier alpha value is -2.80. The summed E-state index contributed by atoms with van der Waals surface area (Å²) in [5.41, 5.74) is 2.74. The number of H-pyrrole nitrogens is 1. The van der Waals surface area contributed by atoms with Crippen LogP contribution < -0.4 is 0 Å². The molecule has 1 aliphatic rings. The van der Waals surface area contributed by atoms with E-state index in [0.717, 1.165) is 18.4 Å². The van der Waals surface area contributed by atoms with Gasteiger partial charge in [0, 0.05) is 24.8 Å². The SMILES string of the molecule is O=C(c1ccc2n[nH]nc2c1)N1CCC([C@@H](O)c2ccccn2)CC1. The number of hydrogen-bond donors (Lipinski definition) is 2. The summed E-state index contributed by atoms with van der Waals surface area (Å²) in [4.78, 5) is 18.8. The molecule has 1 aliphatic heterocycles. The molecule has 0 radical (unpaired) electrons. The molecular weight excluding hydrogens is 318 g/mol. The van der Waals surface area contributed by atoms with Crippen LogP contribution in [-0.4, -0.2) is 49.4 Å². The zero-order valence-corrected chi connectivity index (χ0v) is 13.7. The molecule has 2 aromatic heterocycles. The average molecular weight is 337 g/mol. The third kappa shape index (κ3) is 3.10. The molecule has 7 heteroatoms. The molecule has 1 saturated heterocycles. The molecule has 3 aromatic rings. The number of hydrogen-bond acceptors (Lipinski definition) is 5. The number of nitrogens with one attached hydrogen (secondary N) is 1. The van der Waals surface area contributed by atoms with Crippen LogP contribution in [0, 0.1) is 5.92 Å². The quantitative estimate of drug-likeness (QED) is 0.761. The Labute approximate surface area is 144 Å². The fourth-order valence-corrected chi connectivity index (χ4v) is 3.37. The molecule has 3 heterocycles. The summed E-state index contributed by atoms with van der Waals surface area (Å²) in [7, 11) is 0. The summed E-state index contributed by atoms with van der Waals surface area (Å²) >= 11 is 0. The molecule has 2 N–H and O–H groups in total. The second-order valence-corrected chi connectivity index (χ2v) is 6.36. The van der Waals surface area contributed by atoms with Crippen molar-refractivity contribution in [2.24, 2.45) is 5.92 Å². The minimum atomic E-state index is -0.579. The lowest BCUT2D eigenvalue weighted by molar-refractivity contribution is 0.0447. The molecule has 7 nitrogen and oxygen atoms in total. The molecular formula is C18H19N5O2. The third-order valence-corrected chi connectivity index (χ3v) is 4.83. The van der Waals surface area contributed by atoms with Crippen molar-refractivity contribution >= 4 is 16.9 Å². The highest BCUT2D eigenvalue weighted by molar-refractivity contribution is 5.97. The van der Waals surface area contributed by atoms with Gasteiger partial charge in [-0.1, -0.05) is 6.07 Å². The van der Waals surface area contributed by atoms with E-state index in [2.05, 4.69) is 20.4 Å². The lowest BCUT2D eigenvalue weighted by atomic mass is 9.89. The molecule has 1 fully saturated rings. The van der Waals surface area contributed by atoms with Crippen LogP contribution in [0.1, 0.15) is 35.0 Å². The highest BCUT2D eigenvalue weighted by Crippen LogP contribution is 2.30. The van der Waals surface area contributed by atoms with Gasteiger partial charge in [0.1, 0.15) is 11.0 Å². The number of aromatic amines is 1. The summed E-state index contributed by atoms with van der Waals surface area (Å²) in [5, 5.41) is 21.1. The number of benzene rings is 1. The Morgan fingerprint density at radius 1 is 1.16 bits per heavy atom. The van der Waals surface area contributed by atoms with Gasteiger partial charge in [-0.3, -0.25) is 9.78 Å². The van der Waals surface area contributed by atoms with Crippen molar-refractivity contribution < 1.29 is 9.90 Å². The third-order valence-electron chi connectivity index (χ3n) is 4.83. The minimum Gasteiger partial charge on any atom is -0.387 e. The number of carbonyl (C=O) groups excluding carboxylic acids is 1. The number of aromatic nitrogens is 4. The van der Waals surface area contributed by atoms with Crippen molar-refractivity contribution in [1.82, 2.24) is 25.3 Å². The van der Waals surface area contributed by atoms with E-state index < -0.39 is 6.10 Å². The molecule has 1 amide bonds. The summed E-state index contributed by atoms with van der Waals surface area (Å²) in [5.74, 6) is 0.118. The fraction of sp³-hybridized carbons (Fsp3) is 0.333. The van der Waals surface area contributed by atoms with Gasteiger partial charge in [-0.05, 0) is 49.1 Å². The molecule has 0 spiro atoms. The molecule has 0 saturated carbocycles. The number of aliphatic hydroxyl groups is 1. The maximum atomic E-state index is 12.7. The van der Waals surface area contributed by atoms with Gasteiger partial charge in [0.2, 0.25) is 0 Å². The van der Waals surface area contributed by atoms with Gasteiger partial charge in [-0.25, -0.2) is 0 Å². The maximum absolute atomic E-state index is 12.7. The molecule has 1 atom stereocenters. The van der Waals surface area contributed by atoms with Crippen LogP contribution in [0.15, 0.2) is 42.6 Å². The first-order valence-corrected chi connectivity index (χ1v) is 8.41. The van der Waals surface area contributed by atoms with E-state index in [4.69, 9.17) is 0 Å². The van der Waals surface area contributed by atoms with E-state index in [1.54, 1.807) is 24.4 Å². The largest absolute Gasteiger partial charge is 0.387 e. The summed E-state index contributed by atoms with van der Waals surface area (Å²) in [6.07, 6.45) is 2.63. The van der Waals surface area contributed by atoms with E-state index in [9.17, 15) is 9.90 Å². The van der Waals surface area contributed by atoms with Crippen LogP contribution in [-0.2, 0) is 0 Å². The number of pyridine rings is 1. The number of nitrogens with zero attached hydrogens (tertiary/aromatic N) is 4. The van der Waals surface area contributed by atoms with Crippen LogP contribution in [0.25, 0.3) is 11.0 Å². The Morgan fingerprint density at radius 3 is 2.72 bits per heavy atom. The lowest BCUT2D eigenvalue weighted by Crippen LogP contribution is -2.39. The van der Waals surface area contributed by atoms with Crippen molar-refractivity contribution in [2.75, 3.05) is 13.1 Å². The molecule has 1 aromatic carbocycles. The number of piperidine rings is 1. The highest BCUT2D eigenvalue weighted by atomic mass is 16.3. The Morgan fingerprint density at radius 2 is 1.96 bits per heavy atom. The number of carbonyl (C=O) groups is 1. The second kappa shape index (κ2) is 6.60. The van der Waals surface area contributed by atoms with Crippen molar-refractivity contribution in [1.29, 1.82) is 0 Å².